The zero-order valence-electron chi connectivity index (χ0n) is 6.62. The van der Waals surface area contributed by atoms with E-state index in [9.17, 15) is 0 Å². The van der Waals surface area contributed by atoms with E-state index in [-0.39, 0.29) is 6.54 Å². The predicted octanol–water partition coefficient (Wildman–Crippen LogP) is -1.61. The summed E-state index contributed by atoms with van der Waals surface area (Å²) in [5.74, 6) is 0. The van der Waals surface area contributed by atoms with E-state index < -0.39 is 0 Å². The van der Waals surface area contributed by atoms with Gasteiger partial charge in [-0.1, -0.05) is 0 Å². The fourth-order valence-corrected chi connectivity index (χ4v) is 0.269. The average Bonchev–Trinajstić information content (AvgIpc) is 2.06. The molecule has 66 valence electrons. The molecule has 0 bridgehead atoms. The number of hydrogen-bond donors (Lipinski definition) is 3. The van der Waals surface area contributed by atoms with Crippen molar-refractivity contribution < 1.29 is 4.74 Å². The van der Waals surface area contributed by atoms with Crippen LogP contribution in [0.1, 0.15) is 0 Å². The van der Waals surface area contributed by atoms with Crippen molar-refractivity contribution in [1.82, 2.24) is 0 Å². The third-order valence-corrected chi connectivity index (χ3v) is 0.616. The van der Waals surface area contributed by atoms with Gasteiger partial charge in [0.15, 0.2) is 0 Å². The number of rotatable bonds is 4. The standard InChI is InChI=1S/C4H12N2O.C2H4N2/c5-1-3-7-4-2-6;3-1-2-4/h1-6H2;1,3H2. The van der Waals surface area contributed by atoms with Crippen molar-refractivity contribution in [1.29, 1.82) is 5.26 Å². The highest BCUT2D eigenvalue weighted by molar-refractivity contribution is 4.67. The Balaban J connectivity index is 0. The van der Waals surface area contributed by atoms with E-state index >= 15 is 0 Å². The van der Waals surface area contributed by atoms with Crippen LogP contribution in [0.25, 0.3) is 0 Å². The lowest BCUT2D eigenvalue weighted by Crippen LogP contribution is -2.13. The second-order valence-electron chi connectivity index (χ2n) is 1.55. The molecule has 0 amide bonds. The Kier molecular flexibility index (Phi) is 19.0. The lowest BCUT2D eigenvalue weighted by atomic mass is 10.7. The summed E-state index contributed by atoms with van der Waals surface area (Å²) in [5, 5.41) is 7.50. The van der Waals surface area contributed by atoms with E-state index in [2.05, 4.69) is 5.73 Å². The molecule has 5 heteroatoms. The van der Waals surface area contributed by atoms with Gasteiger partial charge in [0.05, 0.1) is 25.8 Å². The van der Waals surface area contributed by atoms with Crippen LogP contribution in [0.15, 0.2) is 0 Å². The van der Waals surface area contributed by atoms with Crippen LogP contribution in [0.2, 0.25) is 0 Å². The molecule has 0 spiro atoms. The van der Waals surface area contributed by atoms with Crippen molar-refractivity contribution in [2.45, 2.75) is 0 Å². The van der Waals surface area contributed by atoms with Gasteiger partial charge in [-0.2, -0.15) is 5.26 Å². The highest BCUT2D eigenvalue weighted by Gasteiger charge is 1.77. The second kappa shape index (κ2) is 16.2. The minimum atomic E-state index is 0.125. The monoisotopic (exact) mass is 160 g/mol. The van der Waals surface area contributed by atoms with Gasteiger partial charge in [0.1, 0.15) is 0 Å². The van der Waals surface area contributed by atoms with Crippen LogP contribution >= 0.6 is 0 Å². The normalized spacial score (nSPS) is 7.82. The fourth-order valence-electron chi connectivity index (χ4n) is 0.269. The van der Waals surface area contributed by atoms with Crippen LogP contribution in [-0.4, -0.2) is 32.8 Å². The molecule has 0 saturated heterocycles. The average molecular weight is 160 g/mol. The molecule has 6 N–H and O–H groups in total. The molecule has 0 unspecified atom stereocenters. The Morgan fingerprint density at radius 2 is 1.45 bits per heavy atom. The Hall–Kier alpha value is -0.670. The molecule has 0 aromatic heterocycles. The molecule has 0 aliphatic heterocycles. The van der Waals surface area contributed by atoms with Crippen molar-refractivity contribution in [2.75, 3.05) is 32.8 Å². The van der Waals surface area contributed by atoms with Crippen molar-refractivity contribution >= 4 is 0 Å². The number of ether oxygens (including phenoxy) is 1. The number of nitrogens with zero attached hydrogens (tertiary/aromatic N) is 1. The minimum absolute atomic E-state index is 0.125. The number of nitriles is 1. The summed E-state index contributed by atoms with van der Waals surface area (Å²) < 4.78 is 4.88. The molecular formula is C6H16N4O. The first-order chi connectivity index (χ1) is 5.33. The Morgan fingerprint density at radius 1 is 1.09 bits per heavy atom. The van der Waals surface area contributed by atoms with E-state index in [1.165, 1.54) is 0 Å². The molecular weight excluding hydrogens is 144 g/mol. The van der Waals surface area contributed by atoms with E-state index in [0.717, 1.165) is 0 Å². The summed E-state index contributed by atoms with van der Waals surface area (Å²) >= 11 is 0. The Bertz CT molecular complexity index is 87.1. The molecule has 0 aromatic rings. The van der Waals surface area contributed by atoms with Gasteiger partial charge in [-0.3, -0.25) is 0 Å². The van der Waals surface area contributed by atoms with Crippen LogP contribution in [0, 0.1) is 11.3 Å². The number of hydrogen-bond acceptors (Lipinski definition) is 5. The molecule has 0 heterocycles. The first kappa shape index (κ1) is 13.0. The maximum absolute atomic E-state index is 7.50. The topological polar surface area (TPSA) is 111 Å². The molecule has 0 fully saturated rings. The van der Waals surface area contributed by atoms with Gasteiger partial charge >= 0.3 is 0 Å². The molecule has 0 atom stereocenters. The van der Waals surface area contributed by atoms with Gasteiger partial charge in [0.2, 0.25) is 0 Å². The van der Waals surface area contributed by atoms with Crippen molar-refractivity contribution in [2.24, 2.45) is 17.2 Å². The van der Waals surface area contributed by atoms with Gasteiger partial charge in [0.25, 0.3) is 0 Å². The molecule has 11 heavy (non-hydrogen) atoms. The largest absolute Gasteiger partial charge is 0.379 e. The summed E-state index contributed by atoms with van der Waals surface area (Å²) in [7, 11) is 0. The van der Waals surface area contributed by atoms with Crippen LogP contribution in [0.3, 0.4) is 0 Å². The quantitative estimate of drug-likeness (QED) is 0.338. The third kappa shape index (κ3) is 26.7. The zero-order chi connectivity index (χ0) is 8.95. The highest BCUT2D eigenvalue weighted by atomic mass is 16.5. The molecule has 0 aromatic carbocycles. The van der Waals surface area contributed by atoms with Crippen molar-refractivity contribution in [3.8, 4) is 6.07 Å². The molecule has 0 radical (unpaired) electrons. The smallest absolute Gasteiger partial charge is 0.0815 e. The first-order valence-corrected chi connectivity index (χ1v) is 3.38. The summed E-state index contributed by atoms with van der Waals surface area (Å²) in [6.07, 6.45) is 0. The van der Waals surface area contributed by atoms with Gasteiger partial charge in [-0.25, -0.2) is 0 Å². The van der Waals surface area contributed by atoms with Crippen molar-refractivity contribution in [3.05, 3.63) is 0 Å². The molecule has 0 aliphatic carbocycles. The lowest BCUT2D eigenvalue weighted by Gasteiger charge is -1.95. The number of nitrogens with two attached hydrogens (primary N) is 3. The summed E-state index contributed by atoms with van der Waals surface area (Å²) in [5.41, 5.74) is 14.9. The molecule has 0 aliphatic rings. The van der Waals surface area contributed by atoms with Gasteiger partial charge in [0, 0.05) is 13.1 Å². The van der Waals surface area contributed by atoms with Crippen LogP contribution in [0.5, 0.6) is 0 Å². The maximum atomic E-state index is 7.50. The summed E-state index contributed by atoms with van der Waals surface area (Å²) in [4.78, 5) is 0. The minimum Gasteiger partial charge on any atom is -0.379 e. The van der Waals surface area contributed by atoms with E-state index in [1.807, 2.05) is 0 Å². The first-order valence-electron chi connectivity index (χ1n) is 3.38. The molecule has 0 saturated carbocycles. The van der Waals surface area contributed by atoms with E-state index in [4.69, 9.17) is 21.5 Å². The predicted molar refractivity (Wildman–Crippen MR) is 43.6 cm³/mol. The van der Waals surface area contributed by atoms with E-state index in [0.29, 0.717) is 26.3 Å². The van der Waals surface area contributed by atoms with Crippen molar-refractivity contribution in [3.63, 3.8) is 0 Å². The zero-order valence-corrected chi connectivity index (χ0v) is 6.62. The second-order valence-corrected chi connectivity index (χ2v) is 1.55. The SMILES string of the molecule is N#CCN.NCCOCCN. The van der Waals surface area contributed by atoms with Gasteiger partial charge < -0.3 is 21.9 Å². The van der Waals surface area contributed by atoms with Crippen LogP contribution in [-0.2, 0) is 4.74 Å². The van der Waals surface area contributed by atoms with Crippen LogP contribution in [0.4, 0.5) is 0 Å². The van der Waals surface area contributed by atoms with Crippen LogP contribution < -0.4 is 17.2 Å². The van der Waals surface area contributed by atoms with E-state index in [1.54, 1.807) is 6.07 Å². The maximum Gasteiger partial charge on any atom is 0.0815 e. The van der Waals surface area contributed by atoms with Gasteiger partial charge in [-0.05, 0) is 0 Å². The Morgan fingerprint density at radius 3 is 1.64 bits per heavy atom. The lowest BCUT2D eigenvalue weighted by molar-refractivity contribution is 0.149. The molecule has 0 rings (SSSR count). The Labute approximate surface area is 67.1 Å². The van der Waals surface area contributed by atoms with Gasteiger partial charge in [-0.15, -0.1) is 0 Å². The summed E-state index contributed by atoms with van der Waals surface area (Å²) in [6.45, 7) is 2.54. The highest BCUT2D eigenvalue weighted by Crippen LogP contribution is 1.65. The third-order valence-electron chi connectivity index (χ3n) is 0.616. The molecule has 5 nitrogen and oxygen atoms in total. The fraction of sp³-hybridized carbons (Fsp3) is 0.833. The summed E-state index contributed by atoms with van der Waals surface area (Å²) in [6, 6.07) is 1.71.